The summed E-state index contributed by atoms with van der Waals surface area (Å²) < 4.78 is 20.4. The minimum absolute atomic E-state index is 0.0686. The van der Waals surface area contributed by atoms with Crippen LogP contribution in [0.25, 0.3) is 21.6 Å². The maximum Gasteiger partial charge on any atom is 0.163 e. The van der Waals surface area contributed by atoms with E-state index in [2.05, 4.69) is 20.9 Å². The van der Waals surface area contributed by atoms with Gasteiger partial charge in [-0.1, -0.05) is 0 Å². The van der Waals surface area contributed by atoms with E-state index in [0.717, 1.165) is 73.0 Å². The largest absolute Gasteiger partial charge is 0.392 e. The number of hydrogen-bond acceptors (Lipinski definition) is 9. The molecule has 5 heterocycles. The van der Waals surface area contributed by atoms with Gasteiger partial charge in [0, 0.05) is 74.9 Å². The lowest BCUT2D eigenvalue weighted by Crippen LogP contribution is -2.46. The first-order valence-electron chi connectivity index (χ1n) is 11.1. The van der Waals surface area contributed by atoms with Crippen molar-refractivity contribution in [3.05, 3.63) is 35.0 Å². The van der Waals surface area contributed by atoms with Gasteiger partial charge in [-0.2, -0.15) is 0 Å². The van der Waals surface area contributed by atoms with Gasteiger partial charge < -0.3 is 14.7 Å². The number of thiophene rings is 1. The highest BCUT2D eigenvalue weighted by molar-refractivity contribution is 7.81. The minimum atomic E-state index is -0.901. The molecule has 1 atom stereocenters. The highest BCUT2D eigenvalue weighted by Crippen LogP contribution is 2.35. The Kier molecular flexibility index (Phi) is 6.95. The maximum atomic E-state index is 11.7. The molecule has 0 spiro atoms. The molecule has 2 fully saturated rings. The Labute approximate surface area is 199 Å². The first-order chi connectivity index (χ1) is 16.1. The van der Waals surface area contributed by atoms with E-state index in [9.17, 15) is 9.32 Å². The van der Waals surface area contributed by atoms with Crippen molar-refractivity contribution in [2.75, 3.05) is 63.6 Å². The van der Waals surface area contributed by atoms with Crippen LogP contribution >= 0.6 is 11.3 Å². The Balaban J connectivity index is 1.47. The van der Waals surface area contributed by atoms with E-state index in [-0.39, 0.29) is 6.61 Å². The van der Waals surface area contributed by atoms with Crippen molar-refractivity contribution in [2.45, 2.75) is 13.2 Å². The SMILES string of the molecule is CS(=O)N1CCN(Cc2cc3nc(-c4cncc(CO)c4)nc(N4CCOCC4)c3s2)CC1. The Morgan fingerprint density at radius 2 is 1.88 bits per heavy atom. The number of nitrogens with zero attached hydrogens (tertiary/aromatic N) is 6. The van der Waals surface area contributed by atoms with Crippen LogP contribution in [0.3, 0.4) is 0 Å². The zero-order chi connectivity index (χ0) is 22.8. The Bertz CT molecular complexity index is 1140. The van der Waals surface area contributed by atoms with Crippen molar-refractivity contribution in [3.8, 4) is 11.4 Å². The van der Waals surface area contributed by atoms with Crippen molar-refractivity contribution in [1.82, 2.24) is 24.2 Å². The fourth-order valence-corrected chi connectivity index (χ4v) is 6.05. The monoisotopic (exact) mass is 488 g/mol. The van der Waals surface area contributed by atoms with Crippen LogP contribution in [-0.4, -0.2) is 92.2 Å². The molecule has 176 valence electrons. The third kappa shape index (κ3) is 5.08. The zero-order valence-corrected chi connectivity index (χ0v) is 20.3. The third-order valence-corrected chi connectivity index (χ3v) is 8.22. The molecule has 9 nitrogen and oxygen atoms in total. The van der Waals surface area contributed by atoms with Crippen molar-refractivity contribution in [1.29, 1.82) is 0 Å². The summed E-state index contributed by atoms with van der Waals surface area (Å²) in [4.78, 5) is 20.0. The zero-order valence-electron chi connectivity index (χ0n) is 18.6. The second-order valence-electron chi connectivity index (χ2n) is 8.27. The molecular formula is C22H28N6O3S2. The first-order valence-corrected chi connectivity index (χ1v) is 13.4. The molecule has 0 amide bonds. The summed E-state index contributed by atoms with van der Waals surface area (Å²) >= 11 is 1.75. The molecule has 33 heavy (non-hydrogen) atoms. The van der Waals surface area contributed by atoms with Crippen LogP contribution in [0.15, 0.2) is 24.5 Å². The molecule has 0 saturated carbocycles. The quantitative estimate of drug-likeness (QED) is 0.558. The van der Waals surface area contributed by atoms with Gasteiger partial charge in [-0.05, 0) is 17.7 Å². The molecule has 5 rings (SSSR count). The topological polar surface area (TPSA) is 94.9 Å². The molecule has 1 N–H and O–H groups in total. The third-order valence-electron chi connectivity index (χ3n) is 6.03. The number of anilines is 1. The van der Waals surface area contributed by atoms with Gasteiger partial charge in [-0.25, -0.2) is 18.5 Å². The van der Waals surface area contributed by atoms with Crippen molar-refractivity contribution in [2.24, 2.45) is 0 Å². The van der Waals surface area contributed by atoms with E-state index in [1.54, 1.807) is 30.0 Å². The van der Waals surface area contributed by atoms with Gasteiger partial charge in [0.2, 0.25) is 0 Å². The summed E-state index contributed by atoms with van der Waals surface area (Å²) in [7, 11) is -0.901. The van der Waals surface area contributed by atoms with Crippen LogP contribution < -0.4 is 4.90 Å². The van der Waals surface area contributed by atoms with Crippen molar-refractivity contribution >= 4 is 38.4 Å². The molecule has 3 aromatic heterocycles. The number of piperazine rings is 1. The number of aliphatic hydroxyl groups is 1. The molecule has 0 bridgehead atoms. The van der Waals surface area contributed by atoms with E-state index >= 15 is 0 Å². The van der Waals surface area contributed by atoms with Gasteiger partial charge in [0.05, 0.1) is 41.0 Å². The Hall–Kier alpha value is -2.02. The molecule has 11 heteroatoms. The van der Waals surface area contributed by atoms with E-state index < -0.39 is 11.0 Å². The van der Waals surface area contributed by atoms with E-state index in [4.69, 9.17) is 14.7 Å². The van der Waals surface area contributed by atoms with Crippen LogP contribution in [0.5, 0.6) is 0 Å². The number of rotatable bonds is 6. The van der Waals surface area contributed by atoms with Crippen LogP contribution in [-0.2, 0) is 28.9 Å². The second-order valence-corrected chi connectivity index (χ2v) is 10.8. The average molecular weight is 489 g/mol. The summed E-state index contributed by atoms with van der Waals surface area (Å²) in [6, 6.07) is 4.06. The summed E-state index contributed by atoms with van der Waals surface area (Å²) in [6.07, 6.45) is 5.14. The lowest BCUT2D eigenvalue weighted by atomic mass is 10.2. The predicted octanol–water partition coefficient (Wildman–Crippen LogP) is 1.49. The molecule has 2 aliphatic rings. The predicted molar refractivity (Wildman–Crippen MR) is 131 cm³/mol. The van der Waals surface area contributed by atoms with E-state index in [1.807, 2.05) is 10.4 Å². The number of morpholine rings is 1. The fraction of sp³-hybridized carbons (Fsp3) is 0.500. The lowest BCUT2D eigenvalue weighted by molar-refractivity contribution is 0.122. The number of aromatic nitrogens is 3. The second kappa shape index (κ2) is 10.1. The molecule has 0 radical (unpaired) electrons. The molecule has 1 unspecified atom stereocenters. The highest BCUT2D eigenvalue weighted by atomic mass is 32.2. The van der Waals surface area contributed by atoms with Crippen LogP contribution in [0.1, 0.15) is 10.4 Å². The summed E-state index contributed by atoms with van der Waals surface area (Å²) in [5.74, 6) is 1.56. The smallest absolute Gasteiger partial charge is 0.163 e. The highest BCUT2D eigenvalue weighted by Gasteiger charge is 2.23. The fourth-order valence-electron chi connectivity index (χ4n) is 4.22. The molecule has 3 aromatic rings. The summed E-state index contributed by atoms with van der Waals surface area (Å²) in [5, 5.41) is 9.52. The van der Waals surface area contributed by atoms with Crippen molar-refractivity contribution < 1.29 is 14.1 Å². The number of fused-ring (bicyclic) bond motifs is 1. The normalized spacial score (nSPS) is 19.3. The van der Waals surface area contributed by atoms with Crippen LogP contribution in [0, 0.1) is 0 Å². The van der Waals surface area contributed by atoms with Crippen molar-refractivity contribution in [3.63, 3.8) is 0 Å². The standard InChI is InChI=1S/C22H28N6O3S2/c1-33(30)28-4-2-26(3-5-28)14-18-11-19-20(32-18)22(27-6-8-31-9-7-27)25-21(24-19)17-10-16(15-29)12-23-13-17/h10-13,29H,2-9,14-15H2,1H3. The molecular weight excluding hydrogens is 460 g/mol. The molecule has 0 aliphatic carbocycles. The number of ether oxygens (including phenoxy) is 1. The maximum absolute atomic E-state index is 11.7. The van der Waals surface area contributed by atoms with Gasteiger partial charge in [-0.15, -0.1) is 11.3 Å². The lowest BCUT2D eigenvalue weighted by Gasteiger charge is -2.32. The summed E-state index contributed by atoms with van der Waals surface area (Å²) in [6.45, 7) is 7.20. The van der Waals surface area contributed by atoms with Gasteiger partial charge in [0.25, 0.3) is 0 Å². The van der Waals surface area contributed by atoms with Gasteiger partial charge in [0.1, 0.15) is 0 Å². The first kappa shape index (κ1) is 22.8. The van der Waals surface area contributed by atoms with Gasteiger partial charge >= 0.3 is 0 Å². The number of pyridine rings is 1. The minimum Gasteiger partial charge on any atom is -0.392 e. The van der Waals surface area contributed by atoms with Gasteiger partial charge in [0.15, 0.2) is 11.6 Å². The van der Waals surface area contributed by atoms with E-state index in [0.29, 0.717) is 19.0 Å². The van der Waals surface area contributed by atoms with Gasteiger partial charge in [-0.3, -0.25) is 9.88 Å². The molecule has 2 aliphatic heterocycles. The Morgan fingerprint density at radius 1 is 1.09 bits per heavy atom. The Morgan fingerprint density at radius 3 is 2.61 bits per heavy atom. The van der Waals surface area contributed by atoms with Crippen LogP contribution in [0.2, 0.25) is 0 Å². The summed E-state index contributed by atoms with van der Waals surface area (Å²) in [5.41, 5.74) is 2.47. The van der Waals surface area contributed by atoms with E-state index in [1.165, 1.54) is 4.88 Å². The molecule has 0 aromatic carbocycles. The van der Waals surface area contributed by atoms with Crippen LogP contribution in [0.4, 0.5) is 5.82 Å². The average Bonchev–Trinajstić information content (AvgIpc) is 3.26. The molecule has 2 saturated heterocycles. The number of aliphatic hydroxyl groups excluding tert-OH is 1. The number of hydrogen-bond donors (Lipinski definition) is 1.